The van der Waals surface area contributed by atoms with Crippen LogP contribution in [0.1, 0.15) is 21.6 Å². The van der Waals surface area contributed by atoms with E-state index in [0.29, 0.717) is 23.9 Å². The largest absolute Gasteiger partial charge is 0.480 e. The number of carboxylic acids is 1. The van der Waals surface area contributed by atoms with E-state index < -0.39 is 17.9 Å². The van der Waals surface area contributed by atoms with Crippen molar-refractivity contribution in [2.45, 2.75) is 18.9 Å². The molecule has 0 radical (unpaired) electrons. The fourth-order valence-corrected chi connectivity index (χ4v) is 3.47. The molecule has 1 aliphatic carbocycles. The van der Waals surface area contributed by atoms with E-state index in [4.69, 9.17) is 0 Å². The van der Waals surface area contributed by atoms with E-state index in [1.54, 1.807) is 12.3 Å². The summed E-state index contributed by atoms with van der Waals surface area (Å²) >= 11 is 0. The lowest BCUT2D eigenvalue weighted by Gasteiger charge is -2.20. The highest BCUT2D eigenvalue weighted by atomic mass is 16.4. The second kappa shape index (κ2) is 6.01. The summed E-state index contributed by atoms with van der Waals surface area (Å²) in [5.74, 6) is -1.72. The topological polar surface area (TPSA) is 108 Å². The summed E-state index contributed by atoms with van der Waals surface area (Å²) in [7, 11) is 0. The number of carbonyl (C=O) groups excluding carboxylic acids is 1. The third-order valence-corrected chi connectivity index (χ3v) is 4.68. The predicted molar refractivity (Wildman–Crippen MR) is 90.1 cm³/mol. The van der Waals surface area contributed by atoms with Crippen LogP contribution in [-0.2, 0) is 17.6 Å². The van der Waals surface area contributed by atoms with Gasteiger partial charge in [0, 0.05) is 6.20 Å². The molecule has 1 aromatic carbocycles. The van der Waals surface area contributed by atoms with Crippen molar-refractivity contribution >= 4 is 22.9 Å². The highest BCUT2D eigenvalue weighted by Gasteiger charge is 2.34. The van der Waals surface area contributed by atoms with E-state index in [1.807, 2.05) is 24.3 Å². The van der Waals surface area contributed by atoms with Gasteiger partial charge in [0.25, 0.3) is 5.91 Å². The molecule has 3 aromatic rings. The number of aromatic amines is 1. The molecule has 1 amide bonds. The standard InChI is InChI=1S/C18H16N4O3/c23-17(15-13-5-6-19-16(13)21-9-20-15)22-14(18(24)25)12-7-10-3-1-2-4-11(10)8-12/h1-6,9,12,14H,7-8H2,(H,22,23)(H,24,25)(H,19,20,21)/t14-/m1/s1. The number of amides is 1. The smallest absolute Gasteiger partial charge is 0.326 e. The molecule has 7 heteroatoms. The molecule has 0 spiro atoms. The van der Waals surface area contributed by atoms with Crippen molar-refractivity contribution in [1.82, 2.24) is 20.3 Å². The Bertz CT molecular complexity index is 941. The number of hydrogen-bond acceptors (Lipinski definition) is 4. The molecule has 0 bridgehead atoms. The van der Waals surface area contributed by atoms with Crippen LogP contribution in [0.15, 0.2) is 42.9 Å². The Morgan fingerprint density at radius 3 is 2.56 bits per heavy atom. The molecule has 0 saturated heterocycles. The summed E-state index contributed by atoms with van der Waals surface area (Å²) in [6.45, 7) is 0. The SMILES string of the molecule is O=C(N[C@@H](C(=O)O)C1Cc2ccccc2C1)c1ncnc2[nH]ccc12. The Labute approximate surface area is 143 Å². The monoisotopic (exact) mass is 336 g/mol. The van der Waals surface area contributed by atoms with Crippen LogP contribution in [0.3, 0.4) is 0 Å². The molecule has 0 aliphatic heterocycles. The predicted octanol–water partition coefficient (Wildman–Crippen LogP) is 1.56. The van der Waals surface area contributed by atoms with Crippen LogP contribution in [0, 0.1) is 5.92 Å². The van der Waals surface area contributed by atoms with Crippen molar-refractivity contribution in [3.05, 3.63) is 59.7 Å². The number of hydrogen-bond donors (Lipinski definition) is 3. The first-order valence-corrected chi connectivity index (χ1v) is 8.02. The molecule has 3 N–H and O–H groups in total. The maximum atomic E-state index is 12.6. The van der Waals surface area contributed by atoms with Gasteiger partial charge in [0.05, 0.1) is 5.39 Å². The maximum Gasteiger partial charge on any atom is 0.326 e. The first kappa shape index (κ1) is 15.3. The van der Waals surface area contributed by atoms with Gasteiger partial charge in [-0.25, -0.2) is 14.8 Å². The molecule has 0 fully saturated rings. The number of nitrogens with one attached hydrogen (secondary N) is 2. The van der Waals surface area contributed by atoms with Crippen LogP contribution in [-0.4, -0.2) is 38.0 Å². The quantitative estimate of drug-likeness (QED) is 0.670. The molecule has 126 valence electrons. The second-order valence-corrected chi connectivity index (χ2v) is 6.19. The molecular formula is C18H16N4O3. The van der Waals surface area contributed by atoms with E-state index in [2.05, 4.69) is 20.3 Å². The average Bonchev–Trinajstić information content (AvgIpc) is 3.24. The van der Waals surface area contributed by atoms with E-state index in [-0.39, 0.29) is 11.6 Å². The zero-order chi connectivity index (χ0) is 17.4. The number of rotatable bonds is 4. The van der Waals surface area contributed by atoms with Gasteiger partial charge in [-0.15, -0.1) is 0 Å². The van der Waals surface area contributed by atoms with Crippen LogP contribution >= 0.6 is 0 Å². The third kappa shape index (κ3) is 2.73. The molecule has 25 heavy (non-hydrogen) atoms. The normalized spacial score (nSPS) is 15.0. The number of fused-ring (bicyclic) bond motifs is 2. The molecule has 2 aromatic heterocycles. The lowest BCUT2D eigenvalue weighted by atomic mass is 9.96. The number of H-pyrrole nitrogens is 1. The summed E-state index contributed by atoms with van der Waals surface area (Å²) < 4.78 is 0. The average molecular weight is 336 g/mol. The van der Waals surface area contributed by atoms with Crippen LogP contribution in [0.2, 0.25) is 0 Å². The van der Waals surface area contributed by atoms with Gasteiger partial charge in [-0.3, -0.25) is 4.79 Å². The Morgan fingerprint density at radius 2 is 1.88 bits per heavy atom. The van der Waals surface area contributed by atoms with Crippen molar-refractivity contribution in [3.8, 4) is 0 Å². The number of aromatic nitrogens is 3. The van der Waals surface area contributed by atoms with Gasteiger partial charge in [0.2, 0.25) is 0 Å². The van der Waals surface area contributed by atoms with Crippen LogP contribution in [0.4, 0.5) is 0 Å². The van der Waals surface area contributed by atoms with E-state index in [0.717, 1.165) is 11.1 Å². The fraction of sp³-hybridized carbons (Fsp3) is 0.222. The summed E-state index contributed by atoms with van der Waals surface area (Å²) in [5, 5.41) is 12.8. The molecule has 0 saturated carbocycles. The van der Waals surface area contributed by atoms with E-state index in [9.17, 15) is 14.7 Å². The highest BCUT2D eigenvalue weighted by molar-refractivity contribution is 6.04. The lowest BCUT2D eigenvalue weighted by Crippen LogP contribution is -2.46. The first-order valence-electron chi connectivity index (χ1n) is 8.02. The number of carboxylic acid groups (broad SMARTS) is 1. The Hall–Kier alpha value is -3.22. The summed E-state index contributed by atoms with van der Waals surface area (Å²) in [6.07, 6.45) is 4.22. The number of carbonyl (C=O) groups is 2. The van der Waals surface area contributed by atoms with Crippen molar-refractivity contribution in [3.63, 3.8) is 0 Å². The first-order chi connectivity index (χ1) is 12.1. The third-order valence-electron chi connectivity index (χ3n) is 4.68. The van der Waals surface area contributed by atoms with Crippen molar-refractivity contribution in [2.24, 2.45) is 5.92 Å². The van der Waals surface area contributed by atoms with E-state index in [1.165, 1.54) is 6.33 Å². The van der Waals surface area contributed by atoms with Crippen molar-refractivity contribution in [2.75, 3.05) is 0 Å². The zero-order valence-electron chi connectivity index (χ0n) is 13.3. The Morgan fingerprint density at radius 1 is 1.16 bits per heavy atom. The molecule has 0 unspecified atom stereocenters. The van der Waals surface area contributed by atoms with Gasteiger partial charge in [0.15, 0.2) is 0 Å². The highest BCUT2D eigenvalue weighted by Crippen LogP contribution is 2.29. The number of aliphatic carboxylic acids is 1. The van der Waals surface area contributed by atoms with Crippen molar-refractivity contribution < 1.29 is 14.7 Å². The minimum atomic E-state index is -1.04. The van der Waals surface area contributed by atoms with Crippen LogP contribution < -0.4 is 5.32 Å². The maximum absolute atomic E-state index is 12.6. The zero-order valence-corrected chi connectivity index (χ0v) is 13.3. The molecule has 2 heterocycles. The summed E-state index contributed by atoms with van der Waals surface area (Å²) in [4.78, 5) is 35.4. The summed E-state index contributed by atoms with van der Waals surface area (Å²) in [6, 6.07) is 8.63. The minimum Gasteiger partial charge on any atom is -0.480 e. The van der Waals surface area contributed by atoms with Crippen molar-refractivity contribution in [1.29, 1.82) is 0 Å². The van der Waals surface area contributed by atoms with Gasteiger partial charge in [-0.1, -0.05) is 24.3 Å². The Balaban J connectivity index is 1.58. The summed E-state index contributed by atoms with van der Waals surface area (Å²) in [5.41, 5.74) is 3.00. The molecule has 1 aliphatic rings. The molecular weight excluding hydrogens is 320 g/mol. The number of benzene rings is 1. The van der Waals surface area contributed by atoms with Gasteiger partial charge >= 0.3 is 5.97 Å². The van der Waals surface area contributed by atoms with E-state index >= 15 is 0 Å². The number of nitrogens with zero attached hydrogens (tertiary/aromatic N) is 2. The lowest BCUT2D eigenvalue weighted by molar-refractivity contribution is -0.140. The fourth-order valence-electron chi connectivity index (χ4n) is 3.47. The molecule has 1 atom stereocenters. The second-order valence-electron chi connectivity index (χ2n) is 6.19. The molecule has 4 rings (SSSR count). The Kier molecular flexibility index (Phi) is 3.68. The molecule has 7 nitrogen and oxygen atoms in total. The van der Waals surface area contributed by atoms with Crippen LogP contribution in [0.25, 0.3) is 11.0 Å². The van der Waals surface area contributed by atoms with Gasteiger partial charge in [-0.2, -0.15) is 0 Å². The van der Waals surface area contributed by atoms with Gasteiger partial charge in [0.1, 0.15) is 23.7 Å². The van der Waals surface area contributed by atoms with Gasteiger partial charge in [-0.05, 0) is 36.0 Å². The van der Waals surface area contributed by atoms with Gasteiger partial charge < -0.3 is 15.4 Å². The minimum absolute atomic E-state index is 0.174. The van der Waals surface area contributed by atoms with Crippen LogP contribution in [0.5, 0.6) is 0 Å².